The third kappa shape index (κ3) is 4.63. The first kappa shape index (κ1) is 23.1. The van der Waals surface area contributed by atoms with Crippen LogP contribution in [-0.2, 0) is 16.0 Å². The molecule has 1 aromatic carbocycles. The van der Waals surface area contributed by atoms with Gasteiger partial charge in [-0.15, -0.1) is 0 Å². The van der Waals surface area contributed by atoms with Crippen LogP contribution in [0.2, 0.25) is 0 Å². The van der Waals surface area contributed by atoms with Gasteiger partial charge in [0.25, 0.3) is 0 Å². The number of ketones is 1. The lowest BCUT2D eigenvalue weighted by molar-refractivity contribution is -0.142. The molecule has 182 valence electrons. The fourth-order valence-corrected chi connectivity index (χ4v) is 4.16. The molecular formula is C27H25N5O4. The van der Waals surface area contributed by atoms with E-state index in [-0.39, 0.29) is 18.2 Å². The standard InChI is InChI=1S/C27H25N5O4/c1-3-36-25(33)11-17-7-8-23-21(10-17)22(16-29-23)27(34)26(30-18-12-20(35-2)15-28-14-18)24-13-19-6-4-5-9-32(19)31-24/h4-10,12-16,26,29-30H,3,11H2,1-2H3. The van der Waals surface area contributed by atoms with Crippen LogP contribution >= 0.6 is 0 Å². The Kier molecular flexibility index (Phi) is 6.36. The minimum absolute atomic E-state index is 0.131. The summed E-state index contributed by atoms with van der Waals surface area (Å²) < 4.78 is 12.1. The second-order valence-corrected chi connectivity index (χ2v) is 8.26. The van der Waals surface area contributed by atoms with Gasteiger partial charge in [-0.2, -0.15) is 5.10 Å². The van der Waals surface area contributed by atoms with E-state index in [1.807, 2.05) is 48.7 Å². The molecule has 1 atom stereocenters. The first-order valence-electron chi connectivity index (χ1n) is 11.6. The van der Waals surface area contributed by atoms with Crippen LogP contribution < -0.4 is 10.1 Å². The summed E-state index contributed by atoms with van der Waals surface area (Å²) >= 11 is 0. The third-order valence-corrected chi connectivity index (χ3v) is 5.87. The second kappa shape index (κ2) is 9.91. The Labute approximate surface area is 207 Å². The number of aromatic amines is 1. The summed E-state index contributed by atoms with van der Waals surface area (Å²) in [7, 11) is 1.56. The average Bonchev–Trinajstić information content (AvgIpc) is 3.51. The highest BCUT2D eigenvalue weighted by Gasteiger charge is 2.27. The molecule has 0 saturated heterocycles. The van der Waals surface area contributed by atoms with E-state index in [1.165, 1.54) is 0 Å². The molecular weight excluding hydrogens is 458 g/mol. The van der Waals surface area contributed by atoms with Crippen molar-refractivity contribution < 1.29 is 19.1 Å². The van der Waals surface area contributed by atoms with E-state index < -0.39 is 6.04 Å². The fourth-order valence-electron chi connectivity index (χ4n) is 4.16. The van der Waals surface area contributed by atoms with Crippen LogP contribution in [0.5, 0.6) is 5.75 Å². The number of rotatable bonds is 9. The van der Waals surface area contributed by atoms with Gasteiger partial charge < -0.3 is 19.8 Å². The van der Waals surface area contributed by atoms with Gasteiger partial charge >= 0.3 is 5.97 Å². The number of fused-ring (bicyclic) bond motifs is 2. The zero-order valence-corrected chi connectivity index (χ0v) is 19.9. The molecule has 0 fully saturated rings. The average molecular weight is 484 g/mol. The summed E-state index contributed by atoms with van der Waals surface area (Å²) in [4.78, 5) is 33.4. The number of hydrogen-bond donors (Lipinski definition) is 2. The number of ether oxygens (including phenoxy) is 2. The summed E-state index contributed by atoms with van der Waals surface area (Å²) in [6.45, 7) is 2.09. The van der Waals surface area contributed by atoms with Crippen LogP contribution in [0, 0.1) is 0 Å². The van der Waals surface area contributed by atoms with E-state index in [0.717, 1.165) is 22.0 Å². The first-order valence-corrected chi connectivity index (χ1v) is 11.6. The predicted molar refractivity (Wildman–Crippen MR) is 135 cm³/mol. The number of benzene rings is 1. The molecule has 9 heteroatoms. The number of aromatic nitrogens is 4. The van der Waals surface area contributed by atoms with Crippen molar-refractivity contribution in [1.29, 1.82) is 0 Å². The summed E-state index contributed by atoms with van der Waals surface area (Å²) in [5, 5.41) is 8.67. The summed E-state index contributed by atoms with van der Waals surface area (Å²) in [6, 6.07) is 14.1. The van der Waals surface area contributed by atoms with Crippen molar-refractivity contribution >= 4 is 33.9 Å². The van der Waals surface area contributed by atoms with Gasteiger partial charge in [0.15, 0.2) is 5.78 Å². The van der Waals surface area contributed by atoms with Crippen molar-refractivity contribution in [2.45, 2.75) is 19.4 Å². The number of nitrogens with zero attached hydrogens (tertiary/aromatic N) is 3. The zero-order valence-electron chi connectivity index (χ0n) is 19.9. The Morgan fingerprint density at radius 1 is 1.14 bits per heavy atom. The van der Waals surface area contributed by atoms with Gasteiger partial charge in [0.1, 0.15) is 11.8 Å². The van der Waals surface area contributed by atoms with Gasteiger partial charge in [0.2, 0.25) is 0 Å². The number of hydrogen-bond acceptors (Lipinski definition) is 7. The van der Waals surface area contributed by atoms with Crippen molar-refractivity contribution in [2.24, 2.45) is 0 Å². The normalized spacial score (nSPS) is 11.9. The van der Waals surface area contributed by atoms with E-state index in [1.54, 1.807) is 43.2 Å². The van der Waals surface area contributed by atoms with Gasteiger partial charge in [-0.05, 0) is 42.8 Å². The largest absolute Gasteiger partial charge is 0.495 e. The molecule has 0 amide bonds. The molecule has 0 spiro atoms. The van der Waals surface area contributed by atoms with Crippen molar-refractivity contribution in [2.75, 3.05) is 19.0 Å². The quantitative estimate of drug-likeness (QED) is 0.237. The molecule has 5 rings (SSSR count). The second-order valence-electron chi connectivity index (χ2n) is 8.26. The van der Waals surface area contributed by atoms with Crippen LogP contribution in [0.15, 0.2) is 73.3 Å². The molecule has 4 aromatic heterocycles. The number of anilines is 1. The molecule has 0 bridgehead atoms. The molecule has 0 aliphatic rings. The number of methoxy groups -OCH3 is 1. The Balaban J connectivity index is 1.55. The predicted octanol–water partition coefficient (Wildman–Crippen LogP) is 4.36. The van der Waals surface area contributed by atoms with Crippen LogP contribution in [0.1, 0.15) is 34.6 Å². The van der Waals surface area contributed by atoms with Gasteiger partial charge in [-0.25, -0.2) is 4.52 Å². The highest BCUT2D eigenvalue weighted by molar-refractivity contribution is 6.11. The lowest BCUT2D eigenvalue weighted by atomic mass is 9.99. The van der Waals surface area contributed by atoms with Gasteiger partial charge in [-0.3, -0.25) is 14.6 Å². The molecule has 0 aliphatic carbocycles. The number of H-pyrrole nitrogens is 1. The fraction of sp³-hybridized carbons (Fsp3) is 0.185. The highest BCUT2D eigenvalue weighted by Crippen LogP contribution is 2.29. The first-order chi connectivity index (χ1) is 17.6. The van der Waals surface area contributed by atoms with Gasteiger partial charge in [0.05, 0.1) is 49.4 Å². The Hall–Kier alpha value is -4.66. The topological polar surface area (TPSA) is 111 Å². The smallest absolute Gasteiger partial charge is 0.310 e. The highest BCUT2D eigenvalue weighted by atomic mass is 16.5. The van der Waals surface area contributed by atoms with Crippen molar-refractivity contribution in [3.63, 3.8) is 0 Å². The van der Waals surface area contributed by atoms with Gasteiger partial charge in [0, 0.05) is 34.9 Å². The minimum Gasteiger partial charge on any atom is -0.495 e. The van der Waals surface area contributed by atoms with E-state index in [4.69, 9.17) is 9.47 Å². The molecule has 9 nitrogen and oxygen atoms in total. The molecule has 2 N–H and O–H groups in total. The summed E-state index contributed by atoms with van der Waals surface area (Å²) in [6.07, 6.45) is 6.88. The lowest BCUT2D eigenvalue weighted by Gasteiger charge is -2.17. The number of Topliss-reactive ketones (excluding diaryl/α,β-unsaturated/α-hetero) is 1. The maximum atomic E-state index is 14.0. The molecule has 4 heterocycles. The Morgan fingerprint density at radius 3 is 2.83 bits per heavy atom. The number of nitrogens with one attached hydrogen (secondary N) is 2. The van der Waals surface area contributed by atoms with Crippen molar-refractivity contribution in [1.82, 2.24) is 19.6 Å². The number of carbonyl (C=O) groups excluding carboxylic acids is 2. The van der Waals surface area contributed by atoms with E-state index >= 15 is 0 Å². The summed E-state index contributed by atoms with van der Waals surface area (Å²) in [5.74, 6) is 0.0766. The molecule has 0 radical (unpaired) electrons. The van der Waals surface area contributed by atoms with E-state index in [0.29, 0.717) is 29.3 Å². The van der Waals surface area contributed by atoms with Crippen LogP contribution in [0.25, 0.3) is 16.4 Å². The number of pyridine rings is 2. The van der Waals surface area contributed by atoms with Crippen molar-refractivity contribution in [3.05, 3.63) is 90.1 Å². The maximum absolute atomic E-state index is 14.0. The third-order valence-electron chi connectivity index (χ3n) is 5.87. The monoisotopic (exact) mass is 483 g/mol. The van der Waals surface area contributed by atoms with Crippen LogP contribution in [-0.4, -0.2) is 45.1 Å². The SMILES string of the molecule is CCOC(=O)Cc1ccc2[nH]cc(C(=O)C(Nc3cncc(OC)c3)c3cc4ccccn4n3)c2c1. The van der Waals surface area contributed by atoms with Crippen molar-refractivity contribution in [3.8, 4) is 5.75 Å². The maximum Gasteiger partial charge on any atom is 0.310 e. The Morgan fingerprint density at radius 2 is 2.03 bits per heavy atom. The van der Waals surface area contributed by atoms with Gasteiger partial charge in [-0.1, -0.05) is 12.1 Å². The zero-order chi connectivity index (χ0) is 25.1. The van der Waals surface area contributed by atoms with E-state index in [2.05, 4.69) is 20.4 Å². The molecule has 0 saturated carbocycles. The summed E-state index contributed by atoms with van der Waals surface area (Å²) in [5.41, 5.74) is 4.10. The molecule has 5 aromatic rings. The van der Waals surface area contributed by atoms with Crippen LogP contribution in [0.4, 0.5) is 5.69 Å². The number of esters is 1. The Bertz CT molecular complexity index is 1520. The molecule has 36 heavy (non-hydrogen) atoms. The number of carbonyl (C=O) groups is 2. The lowest BCUT2D eigenvalue weighted by Crippen LogP contribution is -2.22. The minimum atomic E-state index is -0.800. The van der Waals surface area contributed by atoms with E-state index in [9.17, 15) is 9.59 Å². The van der Waals surface area contributed by atoms with Crippen LogP contribution in [0.3, 0.4) is 0 Å². The molecule has 1 unspecified atom stereocenters. The molecule has 0 aliphatic heterocycles.